The highest BCUT2D eigenvalue weighted by molar-refractivity contribution is 7.99. The van der Waals surface area contributed by atoms with Gasteiger partial charge in [-0.25, -0.2) is 4.39 Å². The third-order valence-corrected chi connectivity index (χ3v) is 5.54. The second-order valence-electron chi connectivity index (χ2n) is 6.61. The quantitative estimate of drug-likeness (QED) is 0.355. The van der Waals surface area contributed by atoms with Crippen molar-refractivity contribution in [3.63, 3.8) is 0 Å². The maximum absolute atomic E-state index is 13.2. The molecule has 28 heavy (non-hydrogen) atoms. The average Bonchev–Trinajstić information content (AvgIpc) is 3.49. The number of thioether (sulfide) groups is 1. The summed E-state index contributed by atoms with van der Waals surface area (Å²) >= 11 is 7.48. The molecule has 0 spiro atoms. The Kier molecular flexibility index (Phi) is 7.34. The van der Waals surface area contributed by atoms with E-state index < -0.39 is 17.9 Å². The number of esters is 1. The van der Waals surface area contributed by atoms with E-state index >= 15 is 0 Å². The van der Waals surface area contributed by atoms with Gasteiger partial charge >= 0.3 is 5.97 Å². The number of halogens is 2. The Morgan fingerprint density at radius 2 is 1.82 bits per heavy atom. The molecular weight excluding hydrogens is 401 g/mol. The van der Waals surface area contributed by atoms with E-state index in [1.54, 1.807) is 11.8 Å². The maximum Gasteiger partial charge on any atom is 0.306 e. The predicted octanol–water partition coefficient (Wildman–Crippen LogP) is 4.91. The zero-order valence-corrected chi connectivity index (χ0v) is 16.8. The Labute approximate surface area is 172 Å². The van der Waals surface area contributed by atoms with Crippen molar-refractivity contribution in [2.24, 2.45) is 0 Å². The van der Waals surface area contributed by atoms with Gasteiger partial charge in [-0.05, 0) is 61.4 Å². The lowest BCUT2D eigenvalue weighted by atomic mass is 10.1. The van der Waals surface area contributed by atoms with Crippen LogP contribution in [0, 0.1) is 5.82 Å². The number of benzene rings is 2. The standard InChI is InChI=1S/C21H21ClFNO3S/c22-15-5-11-18(12-6-15)28-13-1-2-19(25)27-20(21(26)24-17-9-10-17)14-3-7-16(23)8-4-14/h3-8,11-12,17,20H,1-2,9-10,13H2,(H,24,26). The van der Waals surface area contributed by atoms with Crippen LogP contribution >= 0.6 is 23.4 Å². The van der Waals surface area contributed by atoms with Gasteiger partial charge in [0, 0.05) is 27.9 Å². The van der Waals surface area contributed by atoms with Crippen molar-refractivity contribution in [2.75, 3.05) is 5.75 Å². The molecule has 1 fully saturated rings. The molecule has 1 aliphatic rings. The topological polar surface area (TPSA) is 55.4 Å². The molecule has 0 aromatic heterocycles. The van der Waals surface area contributed by atoms with Crippen LogP contribution in [0.5, 0.6) is 0 Å². The van der Waals surface area contributed by atoms with E-state index in [2.05, 4.69) is 5.32 Å². The van der Waals surface area contributed by atoms with E-state index in [-0.39, 0.29) is 18.4 Å². The molecule has 3 rings (SSSR count). The van der Waals surface area contributed by atoms with E-state index in [0.29, 0.717) is 17.0 Å². The number of hydrogen-bond acceptors (Lipinski definition) is 4. The van der Waals surface area contributed by atoms with Crippen molar-refractivity contribution in [2.45, 2.75) is 42.7 Å². The number of carbonyl (C=O) groups is 2. The number of rotatable bonds is 9. The molecule has 0 saturated heterocycles. The zero-order chi connectivity index (χ0) is 19.9. The lowest BCUT2D eigenvalue weighted by Gasteiger charge is -2.18. The van der Waals surface area contributed by atoms with Crippen LogP contribution in [-0.4, -0.2) is 23.7 Å². The molecule has 7 heteroatoms. The van der Waals surface area contributed by atoms with Gasteiger partial charge in [-0.1, -0.05) is 23.7 Å². The van der Waals surface area contributed by atoms with Crippen LogP contribution in [0.4, 0.5) is 4.39 Å². The number of amides is 1. The number of ether oxygens (including phenoxy) is 1. The lowest BCUT2D eigenvalue weighted by molar-refractivity contribution is -0.156. The second-order valence-corrected chi connectivity index (χ2v) is 8.22. The Hall–Kier alpha value is -2.05. The molecule has 2 aromatic carbocycles. The molecule has 4 nitrogen and oxygen atoms in total. The van der Waals surface area contributed by atoms with E-state index in [0.717, 1.165) is 23.5 Å². The predicted molar refractivity (Wildman–Crippen MR) is 108 cm³/mol. The number of nitrogens with one attached hydrogen (secondary N) is 1. The highest BCUT2D eigenvalue weighted by Crippen LogP contribution is 2.25. The molecule has 2 aromatic rings. The molecule has 0 radical (unpaired) electrons. The van der Waals surface area contributed by atoms with Crippen molar-refractivity contribution in [1.82, 2.24) is 5.32 Å². The van der Waals surface area contributed by atoms with Crippen LogP contribution in [0.3, 0.4) is 0 Å². The summed E-state index contributed by atoms with van der Waals surface area (Å²) < 4.78 is 18.6. The van der Waals surface area contributed by atoms with Crippen LogP contribution in [-0.2, 0) is 14.3 Å². The Morgan fingerprint density at radius 1 is 1.14 bits per heavy atom. The van der Waals surface area contributed by atoms with E-state index in [9.17, 15) is 14.0 Å². The number of hydrogen-bond donors (Lipinski definition) is 1. The Bertz CT molecular complexity index is 809. The highest BCUT2D eigenvalue weighted by atomic mass is 35.5. The molecule has 1 aliphatic carbocycles. The third kappa shape index (κ3) is 6.53. The first-order valence-electron chi connectivity index (χ1n) is 9.15. The fraction of sp³-hybridized carbons (Fsp3) is 0.333. The Morgan fingerprint density at radius 3 is 2.46 bits per heavy atom. The van der Waals surface area contributed by atoms with Crippen LogP contribution in [0.25, 0.3) is 0 Å². The Balaban J connectivity index is 1.50. The van der Waals surface area contributed by atoms with Crippen molar-refractivity contribution < 1.29 is 18.7 Å². The monoisotopic (exact) mass is 421 g/mol. The summed E-state index contributed by atoms with van der Waals surface area (Å²) in [5.74, 6) is -0.475. The minimum atomic E-state index is -1.06. The minimum absolute atomic E-state index is 0.143. The average molecular weight is 422 g/mol. The number of carbonyl (C=O) groups excluding carboxylic acids is 2. The molecule has 0 aliphatic heterocycles. The van der Waals surface area contributed by atoms with Crippen molar-refractivity contribution in [3.05, 3.63) is 64.9 Å². The van der Waals surface area contributed by atoms with Gasteiger partial charge in [0.2, 0.25) is 6.10 Å². The third-order valence-electron chi connectivity index (χ3n) is 4.19. The highest BCUT2D eigenvalue weighted by Gasteiger charge is 2.30. The first-order chi connectivity index (χ1) is 13.5. The van der Waals surface area contributed by atoms with E-state index in [4.69, 9.17) is 16.3 Å². The van der Waals surface area contributed by atoms with Gasteiger partial charge in [-0.3, -0.25) is 9.59 Å². The van der Waals surface area contributed by atoms with E-state index in [1.807, 2.05) is 24.3 Å². The summed E-state index contributed by atoms with van der Waals surface area (Å²) in [6.45, 7) is 0. The largest absolute Gasteiger partial charge is 0.447 e. The first kappa shape index (κ1) is 20.7. The summed E-state index contributed by atoms with van der Waals surface area (Å²) in [7, 11) is 0. The molecular formula is C21H21ClFNO3S. The van der Waals surface area contributed by atoms with Crippen LogP contribution in [0.15, 0.2) is 53.4 Å². The molecule has 0 bridgehead atoms. The molecule has 1 unspecified atom stereocenters. The van der Waals surface area contributed by atoms with Crippen molar-refractivity contribution in [3.8, 4) is 0 Å². The lowest BCUT2D eigenvalue weighted by Crippen LogP contribution is -2.33. The van der Waals surface area contributed by atoms with Crippen LogP contribution in [0.2, 0.25) is 5.02 Å². The summed E-state index contributed by atoms with van der Waals surface area (Å²) in [5.41, 5.74) is 0.462. The molecule has 1 amide bonds. The van der Waals surface area contributed by atoms with Gasteiger partial charge in [0.05, 0.1) is 0 Å². The van der Waals surface area contributed by atoms with E-state index in [1.165, 1.54) is 24.3 Å². The normalized spacial score (nSPS) is 14.4. The fourth-order valence-corrected chi connectivity index (χ4v) is 3.52. The summed E-state index contributed by atoms with van der Waals surface area (Å²) in [6.07, 6.45) is 1.62. The summed E-state index contributed by atoms with van der Waals surface area (Å²) in [5, 5.41) is 3.53. The smallest absolute Gasteiger partial charge is 0.306 e. The second kappa shape index (κ2) is 9.94. The van der Waals surface area contributed by atoms with Crippen LogP contribution < -0.4 is 5.32 Å². The van der Waals surface area contributed by atoms with Gasteiger partial charge in [0.15, 0.2) is 0 Å². The minimum Gasteiger partial charge on any atom is -0.447 e. The molecule has 148 valence electrons. The van der Waals surface area contributed by atoms with Crippen molar-refractivity contribution >= 4 is 35.2 Å². The van der Waals surface area contributed by atoms with Gasteiger partial charge in [0.25, 0.3) is 5.91 Å². The van der Waals surface area contributed by atoms with Crippen LogP contribution in [0.1, 0.15) is 37.4 Å². The molecule has 1 saturated carbocycles. The molecule has 1 atom stereocenters. The van der Waals surface area contributed by atoms with Crippen molar-refractivity contribution in [1.29, 1.82) is 0 Å². The van der Waals surface area contributed by atoms with Gasteiger partial charge < -0.3 is 10.1 Å². The van der Waals surface area contributed by atoms with Gasteiger partial charge in [-0.15, -0.1) is 11.8 Å². The molecule has 1 N–H and O–H groups in total. The fourth-order valence-electron chi connectivity index (χ4n) is 2.54. The zero-order valence-electron chi connectivity index (χ0n) is 15.2. The maximum atomic E-state index is 13.2. The van der Waals surface area contributed by atoms with Gasteiger partial charge in [-0.2, -0.15) is 0 Å². The SMILES string of the molecule is O=C(CCCSc1ccc(Cl)cc1)OC(C(=O)NC1CC1)c1ccc(F)cc1. The summed E-state index contributed by atoms with van der Waals surface area (Å²) in [6, 6.07) is 13.1. The first-order valence-corrected chi connectivity index (χ1v) is 10.5. The molecule has 0 heterocycles. The van der Waals surface area contributed by atoms with Gasteiger partial charge in [0.1, 0.15) is 5.82 Å². The summed E-state index contributed by atoms with van der Waals surface area (Å²) in [4.78, 5) is 25.8.